The van der Waals surface area contributed by atoms with E-state index in [0.717, 1.165) is 12.3 Å². The van der Waals surface area contributed by atoms with Crippen LogP contribution < -0.4 is 5.73 Å². The van der Waals surface area contributed by atoms with Gasteiger partial charge in [0.1, 0.15) is 5.69 Å². The Morgan fingerprint density at radius 2 is 2.07 bits per heavy atom. The maximum absolute atomic E-state index is 12.1. The minimum absolute atomic E-state index is 0.207. The molecule has 0 amide bonds. The van der Waals surface area contributed by atoms with E-state index in [1.165, 1.54) is 6.07 Å². The number of aromatic nitrogens is 1. The Balaban J connectivity index is 2.73. The van der Waals surface area contributed by atoms with Crippen molar-refractivity contribution in [3.05, 3.63) is 29.6 Å². The number of pyridine rings is 1. The molecule has 6 heteroatoms. The molecule has 0 fully saturated rings. The van der Waals surface area contributed by atoms with E-state index in [1.54, 1.807) is 0 Å². The van der Waals surface area contributed by atoms with Crippen molar-refractivity contribution < 1.29 is 18.3 Å². The summed E-state index contributed by atoms with van der Waals surface area (Å²) in [5.41, 5.74) is 5.08. The van der Waals surface area contributed by atoms with Crippen molar-refractivity contribution in [1.29, 1.82) is 0 Å². The molecular formula is C9H11F3N2O. The van der Waals surface area contributed by atoms with E-state index in [2.05, 4.69) is 4.98 Å². The third-order valence-electron chi connectivity index (χ3n) is 1.85. The second kappa shape index (κ2) is 4.59. The van der Waals surface area contributed by atoms with Gasteiger partial charge < -0.3 is 10.8 Å². The molecule has 0 saturated carbocycles. The zero-order valence-corrected chi connectivity index (χ0v) is 7.83. The molecular weight excluding hydrogens is 209 g/mol. The first-order valence-electron chi connectivity index (χ1n) is 4.32. The third kappa shape index (κ3) is 3.49. The Morgan fingerprint density at radius 3 is 2.47 bits per heavy atom. The van der Waals surface area contributed by atoms with Gasteiger partial charge in [0.15, 0.2) is 0 Å². The molecule has 0 aromatic carbocycles. The third-order valence-corrected chi connectivity index (χ3v) is 1.85. The number of hydrogen-bond donors (Lipinski definition) is 2. The van der Waals surface area contributed by atoms with E-state index in [9.17, 15) is 13.2 Å². The van der Waals surface area contributed by atoms with E-state index in [0.29, 0.717) is 12.0 Å². The Hall–Kier alpha value is -1.14. The zero-order chi connectivity index (χ0) is 11.5. The molecule has 1 aromatic rings. The quantitative estimate of drug-likeness (QED) is 0.797. The van der Waals surface area contributed by atoms with Crippen LogP contribution in [-0.2, 0) is 12.6 Å². The first-order chi connectivity index (χ1) is 6.93. The largest absolute Gasteiger partial charge is 0.433 e. The highest BCUT2D eigenvalue weighted by Gasteiger charge is 2.31. The Labute approximate surface area is 84.7 Å². The number of alkyl halides is 3. The van der Waals surface area contributed by atoms with Gasteiger partial charge in [-0.25, -0.2) is 0 Å². The van der Waals surface area contributed by atoms with Crippen LogP contribution in [0.15, 0.2) is 18.3 Å². The number of halogens is 3. The Morgan fingerprint density at radius 1 is 1.40 bits per heavy atom. The van der Waals surface area contributed by atoms with Gasteiger partial charge in [0.25, 0.3) is 0 Å². The lowest BCUT2D eigenvalue weighted by molar-refractivity contribution is -0.141. The van der Waals surface area contributed by atoms with Crippen LogP contribution in [0.5, 0.6) is 0 Å². The maximum Gasteiger partial charge on any atom is 0.433 e. The highest BCUT2D eigenvalue weighted by molar-refractivity contribution is 5.16. The molecule has 3 nitrogen and oxygen atoms in total. The molecule has 0 aliphatic rings. The molecule has 0 bridgehead atoms. The number of aliphatic hydroxyl groups excluding tert-OH is 1. The second-order valence-electron chi connectivity index (χ2n) is 3.20. The summed E-state index contributed by atoms with van der Waals surface area (Å²) >= 11 is 0. The van der Waals surface area contributed by atoms with Crippen molar-refractivity contribution in [2.24, 2.45) is 5.73 Å². The van der Waals surface area contributed by atoms with Crippen molar-refractivity contribution in [2.45, 2.75) is 18.6 Å². The summed E-state index contributed by atoms with van der Waals surface area (Å²) in [7, 11) is 0. The van der Waals surface area contributed by atoms with E-state index >= 15 is 0 Å². The number of nitrogens with two attached hydrogens (primary N) is 1. The molecule has 1 heterocycles. The smallest absolute Gasteiger partial charge is 0.395 e. The van der Waals surface area contributed by atoms with Crippen LogP contribution in [0.1, 0.15) is 11.3 Å². The highest BCUT2D eigenvalue weighted by Crippen LogP contribution is 2.27. The van der Waals surface area contributed by atoms with E-state index in [1.807, 2.05) is 0 Å². The Bertz CT molecular complexity index is 310. The summed E-state index contributed by atoms with van der Waals surface area (Å²) in [5, 5.41) is 8.65. The standard InChI is InChI=1S/C9H11F3N2O/c10-9(11,12)8-2-1-6(4-14-8)3-7(13)5-15/h1-2,4,7,15H,3,5,13H2/t7-/m0/s1. The molecule has 0 spiro atoms. The fourth-order valence-electron chi connectivity index (χ4n) is 1.08. The SMILES string of the molecule is N[C@H](CO)Cc1ccc(C(F)(F)F)nc1. The lowest BCUT2D eigenvalue weighted by Gasteiger charge is -2.09. The van der Waals surface area contributed by atoms with Gasteiger partial charge in [0.05, 0.1) is 6.61 Å². The lowest BCUT2D eigenvalue weighted by atomic mass is 10.1. The lowest BCUT2D eigenvalue weighted by Crippen LogP contribution is -2.26. The predicted molar refractivity (Wildman–Crippen MR) is 48.0 cm³/mol. The van der Waals surface area contributed by atoms with Gasteiger partial charge in [0, 0.05) is 12.2 Å². The van der Waals surface area contributed by atoms with Crippen molar-refractivity contribution in [2.75, 3.05) is 6.61 Å². The van der Waals surface area contributed by atoms with Crippen molar-refractivity contribution in [1.82, 2.24) is 4.98 Å². The molecule has 0 saturated heterocycles. The first-order valence-corrected chi connectivity index (χ1v) is 4.32. The van der Waals surface area contributed by atoms with Gasteiger partial charge in [0.2, 0.25) is 0 Å². The van der Waals surface area contributed by atoms with Crippen molar-refractivity contribution in [3.8, 4) is 0 Å². The summed E-state index contributed by atoms with van der Waals surface area (Å²) in [6.07, 6.45) is -2.99. The van der Waals surface area contributed by atoms with E-state index < -0.39 is 17.9 Å². The molecule has 1 aromatic heterocycles. The van der Waals surface area contributed by atoms with E-state index in [-0.39, 0.29) is 6.61 Å². The van der Waals surface area contributed by atoms with Gasteiger partial charge >= 0.3 is 6.18 Å². The van der Waals surface area contributed by atoms with E-state index in [4.69, 9.17) is 10.8 Å². The monoisotopic (exact) mass is 220 g/mol. The Kier molecular flexibility index (Phi) is 3.65. The van der Waals surface area contributed by atoms with Crippen LogP contribution in [0.2, 0.25) is 0 Å². The minimum Gasteiger partial charge on any atom is -0.395 e. The highest BCUT2D eigenvalue weighted by atomic mass is 19.4. The summed E-state index contributed by atoms with van der Waals surface area (Å²) < 4.78 is 36.4. The molecule has 0 aliphatic carbocycles. The molecule has 0 aliphatic heterocycles. The fourth-order valence-corrected chi connectivity index (χ4v) is 1.08. The molecule has 1 atom stereocenters. The van der Waals surface area contributed by atoms with Crippen LogP contribution >= 0.6 is 0 Å². The fraction of sp³-hybridized carbons (Fsp3) is 0.444. The molecule has 0 unspecified atom stereocenters. The topological polar surface area (TPSA) is 59.1 Å². The van der Waals surface area contributed by atoms with Crippen molar-refractivity contribution in [3.63, 3.8) is 0 Å². The van der Waals surface area contributed by atoms with Crippen LogP contribution in [0.4, 0.5) is 13.2 Å². The number of hydrogen-bond acceptors (Lipinski definition) is 3. The normalized spacial score (nSPS) is 13.9. The number of aliphatic hydroxyl groups is 1. The van der Waals surface area contributed by atoms with Crippen LogP contribution in [0.25, 0.3) is 0 Å². The van der Waals surface area contributed by atoms with Gasteiger partial charge in [-0.1, -0.05) is 6.07 Å². The molecule has 0 radical (unpaired) electrons. The first kappa shape index (κ1) is 11.9. The van der Waals surface area contributed by atoms with Gasteiger partial charge in [-0.05, 0) is 18.1 Å². The molecule has 15 heavy (non-hydrogen) atoms. The molecule has 3 N–H and O–H groups in total. The summed E-state index contributed by atoms with van der Waals surface area (Å²) in [6.45, 7) is -0.207. The van der Waals surface area contributed by atoms with Gasteiger partial charge in [-0.3, -0.25) is 4.98 Å². The summed E-state index contributed by atoms with van der Waals surface area (Å²) in [5.74, 6) is 0. The molecule has 84 valence electrons. The molecule has 1 rings (SSSR count). The van der Waals surface area contributed by atoms with Gasteiger partial charge in [-0.15, -0.1) is 0 Å². The average Bonchev–Trinajstić information content (AvgIpc) is 2.17. The van der Waals surface area contributed by atoms with Crippen LogP contribution in [-0.4, -0.2) is 22.7 Å². The van der Waals surface area contributed by atoms with Gasteiger partial charge in [-0.2, -0.15) is 13.2 Å². The number of nitrogens with zero attached hydrogens (tertiary/aromatic N) is 1. The summed E-state index contributed by atoms with van der Waals surface area (Å²) in [6, 6.07) is 1.74. The zero-order valence-electron chi connectivity index (χ0n) is 7.83. The van der Waals surface area contributed by atoms with Crippen molar-refractivity contribution >= 4 is 0 Å². The predicted octanol–water partition coefficient (Wildman–Crippen LogP) is 0.963. The second-order valence-corrected chi connectivity index (χ2v) is 3.20. The number of rotatable bonds is 3. The average molecular weight is 220 g/mol. The summed E-state index contributed by atoms with van der Waals surface area (Å²) in [4.78, 5) is 3.28. The maximum atomic E-state index is 12.1. The van der Waals surface area contributed by atoms with Crippen LogP contribution in [0, 0.1) is 0 Å². The minimum atomic E-state index is -4.42. The van der Waals surface area contributed by atoms with Crippen LogP contribution in [0.3, 0.4) is 0 Å².